The fourth-order valence-electron chi connectivity index (χ4n) is 0. The van der Waals surface area contributed by atoms with E-state index in [-0.39, 0.29) is 226 Å². The maximum absolute atomic E-state index is 7.17. The molecule has 0 unspecified atom stereocenters. The molecule has 0 aromatic carbocycles. The second-order valence-corrected chi connectivity index (χ2v) is 0.346. The molecule has 0 rings (SSSR count). The first-order valence-corrected chi connectivity index (χ1v) is 0.775. The van der Waals surface area contributed by atoms with Crippen molar-refractivity contribution in [1.82, 2.24) is 0 Å². The van der Waals surface area contributed by atoms with Gasteiger partial charge in [-0.05, 0) is 0 Å². The Morgan fingerprint density at radius 3 is 1.11 bits per heavy atom. The molecule has 0 aliphatic heterocycles. The Labute approximate surface area is 239 Å². The van der Waals surface area contributed by atoms with Crippen molar-refractivity contribution in [2.24, 2.45) is 0 Å². The summed E-state index contributed by atoms with van der Waals surface area (Å²) in [5, 5.41) is 21.5. The topological polar surface area (TPSA) is 60.7 Å². The van der Waals surface area contributed by atoms with Gasteiger partial charge in [0, 0.05) is 124 Å². The van der Waals surface area contributed by atoms with Crippen LogP contribution in [0, 0.1) is 124 Å². The van der Waals surface area contributed by atoms with E-state index in [1.165, 1.54) is 0 Å². The Bertz CT molecular complexity index is 38.3. The average molecular weight is 675 g/mol. The summed E-state index contributed by atoms with van der Waals surface area (Å²) in [5.41, 5.74) is 0. The van der Waals surface area contributed by atoms with Crippen molar-refractivity contribution in [2.45, 2.75) is 0 Å². The predicted octanol–water partition coefficient (Wildman–Crippen LogP) is -5.09. The molecule has 0 saturated heterocycles. The SMILES string of the molecule is OB(O)O.[Dy].[Eu].[H-].[H-].[H-].[K+].[Sr+2].[Tm]. The van der Waals surface area contributed by atoms with Crippen LogP contribution in [-0.4, -0.2) is 67.9 Å². The summed E-state index contributed by atoms with van der Waals surface area (Å²) in [6.07, 6.45) is 0. The quantitative estimate of drug-likeness (QED) is 0.226. The number of hydrogen-bond acceptors (Lipinski definition) is 3. The van der Waals surface area contributed by atoms with Gasteiger partial charge in [-0.2, -0.15) is 0 Å². The Morgan fingerprint density at radius 1 is 1.11 bits per heavy atom. The van der Waals surface area contributed by atoms with Gasteiger partial charge in [-0.15, -0.1) is 0 Å². The van der Waals surface area contributed by atoms with Gasteiger partial charge >= 0.3 is 104 Å². The van der Waals surface area contributed by atoms with Crippen LogP contribution in [-0.2, 0) is 0 Å². The first-order chi connectivity index (χ1) is 1.73. The molecule has 9 heavy (non-hydrogen) atoms. The predicted molar refractivity (Wildman–Crippen MR) is 21.5 cm³/mol. The van der Waals surface area contributed by atoms with Crippen molar-refractivity contribution in [2.75, 3.05) is 0 Å². The molecule has 60 valence electrons. The van der Waals surface area contributed by atoms with Gasteiger partial charge in [0.15, 0.2) is 0 Å². The van der Waals surface area contributed by atoms with Gasteiger partial charge in [0.1, 0.15) is 0 Å². The molecular formula is H6BDyEuKO3SrTm. The van der Waals surface area contributed by atoms with E-state index < -0.39 is 7.32 Å². The fourth-order valence-corrected chi connectivity index (χ4v) is 0. The summed E-state index contributed by atoms with van der Waals surface area (Å²) in [5.74, 6) is 0. The van der Waals surface area contributed by atoms with Crippen molar-refractivity contribution >= 4 is 52.8 Å². The van der Waals surface area contributed by atoms with E-state index >= 15 is 0 Å². The molecule has 0 amide bonds. The third kappa shape index (κ3) is 51.2. The molecule has 0 saturated carbocycles. The summed E-state index contributed by atoms with van der Waals surface area (Å²) >= 11 is 0. The van der Waals surface area contributed by atoms with Crippen LogP contribution in [0.2, 0.25) is 0 Å². The summed E-state index contributed by atoms with van der Waals surface area (Å²) < 4.78 is 0. The molecule has 0 aromatic rings. The molecule has 0 aliphatic rings. The smallest absolute Gasteiger partial charge is 1.00 e. The number of rotatable bonds is 0. The van der Waals surface area contributed by atoms with Crippen molar-refractivity contribution in [3.8, 4) is 0 Å². The molecule has 2 radical (unpaired) electrons. The van der Waals surface area contributed by atoms with Crippen molar-refractivity contribution < 1.29 is 195 Å². The summed E-state index contributed by atoms with van der Waals surface area (Å²) in [6, 6.07) is 0. The Balaban J connectivity index is -0.00000000161. The van der Waals surface area contributed by atoms with E-state index in [0.717, 1.165) is 0 Å². The van der Waals surface area contributed by atoms with E-state index in [1.807, 2.05) is 0 Å². The van der Waals surface area contributed by atoms with Crippen molar-refractivity contribution in [3.05, 3.63) is 0 Å². The molecular weight excluding hydrogens is 669 g/mol. The van der Waals surface area contributed by atoms with Gasteiger partial charge in [0.25, 0.3) is 0 Å². The van der Waals surface area contributed by atoms with Crippen LogP contribution in [0.3, 0.4) is 0 Å². The molecule has 9 heteroatoms. The Morgan fingerprint density at radius 2 is 1.11 bits per heavy atom. The molecule has 0 aliphatic carbocycles. The number of hydrogen-bond donors (Lipinski definition) is 3. The van der Waals surface area contributed by atoms with Gasteiger partial charge in [-0.1, -0.05) is 0 Å². The first kappa shape index (κ1) is 36.0. The largest absolute Gasteiger partial charge is 2.00 e. The van der Waals surface area contributed by atoms with Crippen LogP contribution < -0.4 is 51.4 Å². The van der Waals surface area contributed by atoms with Gasteiger partial charge in [0.2, 0.25) is 0 Å². The maximum Gasteiger partial charge on any atom is 2.00 e. The molecule has 0 bridgehead atoms. The summed E-state index contributed by atoms with van der Waals surface area (Å²) in [4.78, 5) is 0. The zero-order valence-corrected chi connectivity index (χ0v) is 17.4. The normalized spacial score (nSPS) is 3.00. The summed E-state index contributed by atoms with van der Waals surface area (Å²) in [6.45, 7) is 0. The van der Waals surface area contributed by atoms with Gasteiger partial charge in [-0.3, -0.25) is 0 Å². The molecule has 0 aromatic heterocycles. The molecule has 0 spiro atoms. The van der Waals surface area contributed by atoms with Gasteiger partial charge < -0.3 is 19.4 Å². The molecule has 0 heterocycles. The zero-order valence-electron chi connectivity index (χ0n) is 7.60. The van der Waals surface area contributed by atoms with Crippen molar-refractivity contribution in [1.29, 1.82) is 0 Å². The maximum atomic E-state index is 7.17. The van der Waals surface area contributed by atoms with E-state index in [4.69, 9.17) is 15.1 Å². The second-order valence-electron chi connectivity index (χ2n) is 0.346. The molecule has 0 fully saturated rings. The van der Waals surface area contributed by atoms with Crippen LogP contribution in [0.4, 0.5) is 0 Å². The third-order valence-electron chi connectivity index (χ3n) is 0. The van der Waals surface area contributed by atoms with Crippen LogP contribution >= 0.6 is 0 Å². The molecule has 3 N–H and O–H groups in total. The standard InChI is InChI=1S/BH3O3.Dy.Eu.K.Sr.Tm.3H/c2-1(3)4;;;;;;;;/h2-4H;;;;;;;;/q;;;+1;+2;;3*-1. The minimum Gasteiger partial charge on any atom is -1.00 e. The third-order valence-corrected chi connectivity index (χ3v) is 0. The molecule has 0 atom stereocenters. The van der Waals surface area contributed by atoms with Crippen LogP contribution in [0.15, 0.2) is 0 Å². The van der Waals surface area contributed by atoms with Gasteiger partial charge in [-0.25, -0.2) is 0 Å². The van der Waals surface area contributed by atoms with Crippen molar-refractivity contribution in [3.63, 3.8) is 0 Å². The van der Waals surface area contributed by atoms with Gasteiger partial charge in [0.05, 0.1) is 0 Å². The first-order valence-electron chi connectivity index (χ1n) is 0.775. The van der Waals surface area contributed by atoms with E-state index in [2.05, 4.69) is 0 Å². The van der Waals surface area contributed by atoms with E-state index in [0.29, 0.717) is 0 Å². The average Bonchev–Trinajstić information content (AvgIpc) is 0.811. The van der Waals surface area contributed by atoms with Crippen LogP contribution in [0.5, 0.6) is 0 Å². The van der Waals surface area contributed by atoms with E-state index in [9.17, 15) is 0 Å². The second kappa shape index (κ2) is 29.4. The zero-order chi connectivity index (χ0) is 3.58. The van der Waals surface area contributed by atoms with E-state index in [1.54, 1.807) is 0 Å². The Hall–Kier alpha value is 7.15. The minimum absolute atomic E-state index is 0. The fraction of sp³-hybridized carbons (Fsp3) is 0. The molecule has 3 nitrogen and oxygen atoms in total. The summed E-state index contributed by atoms with van der Waals surface area (Å²) in [7, 11) is -2.17. The monoisotopic (exact) mass is 678 g/mol. The van der Waals surface area contributed by atoms with Crippen LogP contribution in [0.1, 0.15) is 4.28 Å². The minimum atomic E-state index is -2.17. The Kier molecular flexibility index (Phi) is 118. The van der Waals surface area contributed by atoms with Crippen LogP contribution in [0.25, 0.3) is 0 Å².